The van der Waals surface area contributed by atoms with Crippen LogP contribution in [0.15, 0.2) is 12.2 Å². The molecule has 0 unspecified atom stereocenters. The summed E-state index contributed by atoms with van der Waals surface area (Å²) in [6.45, 7) is 11.6. The highest BCUT2D eigenvalue weighted by Gasteiger charge is 2.43. The molecule has 0 aromatic carbocycles. The zero-order valence-corrected chi connectivity index (χ0v) is 8.51. The Kier molecular flexibility index (Phi) is 2.43. The van der Waals surface area contributed by atoms with E-state index in [0.717, 1.165) is 19.8 Å². The summed E-state index contributed by atoms with van der Waals surface area (Å²) in [6, 6.07) is 0. The second-order valence-corrected chi connectivity index (χ2v) is 4.71. The zero-order valence-electron chi connectivity index (χ0n) is 8.51. The number of ether oxygens (including phenoxy) is 1. The van der Waals surface area contributed by atoms with E-state index in [0.29, 0.717) is 5.41 Å². The smallest absolute Gasteiger partial charge is 0.0472 e. The van der Waals surface area contributed by atoms with Gasteiger partial charge in [0.1, 0.15) is 0 Å². The van der Waals surface area contributed by atoms with Crippen LogP contribution in [-0.4, -0.2) is 37.7 Å². The van der Waals surface area contributed by atoms with Gasteiger partial charge in [-0.1, -0.05) is 12.2 Å². The molecule has 2 heteroatoms. The lowest BCUT2D eigenvalue weighted by Crippen LogP contribution is -2.58. The van der Waals surface area contributed by atoms with Gasteiger partial charge in [0, 0.05) is 38.3 Å². The van der Waals surface area contributed by atoms with Crippen LogP contribution in [0.2, 0.25) is 0 Å². The molecule has 2 rings (SSSR count). The maximum Gasteiger partial charge on any atom is 0.0472 e. The van der Waals surface area contributed by atoms with Crippen molar-refractivity contribution < 1.29 is 4.74 Å². The average Bonchev–Trinajstić information content (AvgIpc) is 2.02. The third kappa shape index (κ3) is 1.94. The molecular formula is C11H19NO. The SMILES string of the molecule is C=C(C)CN1CC2(CCOCC2)C1. The van der Waals surface area contributed by atoms with Gasteiger partial charge < -0.3 is 4.74 Å². The molecule has 2 nitrogen and oxygen atoms in total. The molecule has 2 fully saturated rings. The Balaban J connectivity index is 1.78. The van der Waals surface area contributed by atoms with Crippen LogP contribution in [0.5, 0.6) is 0 Å². The topological polar surface area (TPSA) is 12.5 Å². The van der Waals surface area contributed by atoms with Crippen molar-refractivity contribution >= 4 is 0 Å². The van der Waals surface area contributed by atoms with E-state index in [4.69, 9.17) is 4.74 Å². The van der Waals surface area contributed by atoms with E-state index in [-0.39, 0.29) is 0 Å². The van der Waals surface area contributed by atoms with Crippen LogP contribution in [0, 0.1) is 5.41 Å². The first-order valence-corrected chi connectivity index (χ1v) is 5.15. The van der Waals surface area contributed by atoms with Gasteiger partial charge in [-0.15, -0.1) is 0 Å². The molecule has 1 spiro atoms. The molecule has 0 N–H and O–H groups in total. The van der Waals surface area contributed by atoms with E-state index in [1.54, 1.807) is 0 Å². The van der Waals surface area contributed by atoms with Crippen molar-refractivity contribution in [1.82, 2.24) is 4.90 Å². The van der Waals surface area contributed by atoms with Crippen molar-refractivity contribution in [2.24, 2.45) is 5.41 Å². The fourth-order valence-corrected chi connectivity index (χ4v) is 2.52. The van der Waals surface area contributed by atoms with Crippen molar-refractivity contribution in [3.8, 4) is 0 Å². The normalized spacial score (nSPS) is 27.2. The molecule has 0 saturated carbocycles. The Bertz CT molecular complexity index is 198. The van der Waals surface area contributed by atoms with Crippen molar-refractivity contribution in [3.05, 3.63) is 12.2 Å². The molecular weight excluding hydrogens is 162 g/mol. The van der Waals surface area contributed by atoms with Gasteiger partial charge in [-0.2, -0.15) is 0 Å². The van der Waals surface area contributed by atoms with Gasteiger partial charge >= 0.3 is 0 Å². The summed E-state index contributed by atoms with van der Waals surface area (Å²) in [5, 5.41) is 0. The van der Waals surface area contributed by atoms with Gasteiger partial charge in [-0.25, -0.2) is 0 Å². The molecule has 2 aliphatic heterocycles. The van der Waals surface area contributed by atoms with Crippen LogP contribution in [0.3, 0.4) is 0 Å². The summed E-state index contributed by atoms with van der Waals surface area (Å²) in [6.07, 6.45) is 2.53. The summed E-state index contributed by atoms with van der Waals surface area (Å²) >= 11 is 0. The van der Waals surface area contributed by atoms with Crippen LogP contribution in [0.1, 0.15) is 19.8 Å². The third-order valence-electron chi connectivity index (χ3n) is 3.17. The van der Waals surface area contributed by atoms with E-state index >= 15 is 0 Å². The highest BCUT2D eigenvalue weighted by molar-refractivity contribution is 5.01. The van der Waals surface area contributed by atoms with Gasteiger partial charge in [0.2, 0.25) is 0 Å². The van der Waals surface area contributed by atoms with Crippen LogP contribution in [0.4, 0.5) is 0 Å². The first-order chi connectivity index (χ1) is 6.20. The molecule has 0 amide bonds. The van der Waals surface area contributed by atoms with E-state index in [1.807, 2.05) is 0 Å². The van der Waals surface area contributed by atoms with Gasteiger partial charge in [-0.3, -0.25) is 4.90 Å². The third-order valence-corrected chi connectivity index (χ3v) is 3.17. The largest absolute Gasteiger partial charge is 0.381 e. The Morgan fingerprint density at radius 2 is 2.00 bits per heavy atom. The Hall–Kier alpha value is -0.340. The predicted octanol–water partition coefficient (Wildman–Crippen LogP) is 1.67. The quantitative estimate of drug-likeness (QED) is 0.601. The van der Waals surface area contributed by atoms with Crippen LogP contribution in [0.25, 0.3) is 0 Å². The van der Waals surface area contributed by atoms with Crippen LogP contribution < -0.4 is 0 Å². The lowest BCUT2D eigenvalue weighted by atomic mass is 9.73. The summed E-state index contributed by atoms with van der Waals surface area (Å²) in [7, 11) is 0. The average molecular weight is 181 g/mol. The number of likely N-dealkylation sites (tertiary alicyclic amines) is 1. The lowest BCUT2D eigenvalue weighted by Gasteiger charge is -2.52. The van der Waals surface area contributed by atoms with E-state index in [9.17, 15) is 0 Å². The first kappa shape index (κ1) is 9.22. The Labute approximate surface area is 80.6 Å². The van der Waals surface area contributed by atoms with E-state index in [1.165, 1.54) is 31.5 Å². The van der Waals surface area contributed by atoms with Gasteiger partial charge in [0.25, 0.3) is 0 Å². The Morgan fingerprint density at radius 3 is 2.54 bits per heavy atom. The summed E-state index contributed by atoms with van der Waals surface area (Å²) in [4.78, 5) is 2.49. The molecule has 2 heterocycles. The zero-order chi connectivity index (χ0) is 9.31. The molecule has 13 heavy (non-hydrogen) atoms. The molecule has 2 saturated heterocycles. The molecule has 0 aliphatic carbocycles. The molecule has 0 aromatic rings. The predicted molar refractivity (Wildman–Crippen MR) is 53.7 cm³/mol. The fourth-order valence-electron chi connectivity index (χ4n) is 2.52. The maximum atomic E-state index is 5.38. The minimum Gasteiger partial charge on any atom is -0.381 e. The minimum atomic E-state index is 0.619. The van der Waals surface area contributed by atoms with Gasteiger partial charge in [0.05, 0.1) is 0 Å². The lowest BCUT2D eigenvalue weighted by molar-refractivity contribution is -0.0766. The minimum absolute atomic E-state index is 0.619. The van der Waals surface area contributed by atoms with Crippen molar-refractivity contribution in [2.75, 3.05) is 32.8 Å². The summed E-state index contributed by atoms with van der Waals surface area (Å²) in [5.74, 6) is 0. The summed E-state index contributed by atoms with van der Waals surface area (Å²) in [5.41, 5.74) is 1.90. The second kappa shape index (κ2) is 3.43. The monoisotopic (exact) mass is 181 g/mol. The highest BCUT2D eigenvalue weighted by atomic mass is 16.5. The Morgan fingerprint density at radius 1 is 1.38 bits per heavy atom. The molecule has 0 bridgehead atoms. The highest BCUT2D eigenvalue weighted by Crippen LogP contribution is 2.39. The molecule has 2 aliphatic rings. The van der Waals surface area contributed by atoms with E-state index in [2.05, 4.69) is 18.4 Å². The van der Waals surface area contributed by atoms with Crippen molar-refractivity contribution in [2.45, 2.75) is 19.8 Å². The van der Waals surface area contributed by atoms with Crippen LogP contribution in [-0.2, 0) is 4.74 Å². The standard InChI is InChI=1S/C11H19NO/c1-10(2)7-12-8-11(9-12)3-5-13-6-4-11/h1,3-9H2,2H3. The molecule has 0 radical (unpaired) electrons. The van der Waals surface area contributed by atoms with Crippen molar-refractivity contribution in [3.63, 3.8) is 0 Å². The fraction of sp³-hybridized carbons (Fsp3) is 0.818. The van der Waals surface area contributed by atoms with Crippen molar-refractivity contribution in [1.29, 1.82) is 0 Å². The van der Waals surface area contributed by atoms with Gasteiger partial charge in [0.15, 0.2) is 0 Å². The van der Waals surface area contributed by atoms with Gasteiger partial charge in [-0.05, 0) is 19.8 Å². The number of hydrogen-bond donors (Lipinski definition) is 0. The first-order valence-electron chi connectivity index (χ1n) is 5.15. The molecule has 0 atom stereocenters. The maximum absolute atomic E-state index is 5.38. The summed E-state index contributed by atoms with van der Waals surface area (Å²) < 4.78 is 5.38. The van der Waals surface area contributed by atoms with E-state index < -0.39 is 0 Å². The molecule has 74 valence electrons. The number of hydrogen-bond acceptors (Lipinski definition) is 2. The van der Waals surface area contributed by atoms with Crippen LogP contribution >= 0.6 is 0 Å². The number of nitrogens with zero attached hydrogens (tertiary/aromatic N) is 1. The number of rotatable bonds is 2. The second-order valence-electron chi connectivity index (χ2n) is 4.71. The molecule has 0 aromatic heterocycles.